The van der Waals surface area contributed by atoms with Crippen molar-refractivity contribution < 1.29 is 14.3 Å². The molecule has 0 saturated heterocycles. The Hall–Kier alpha value is -3.09. The summed E-state index contributed by atoms with van der Waals surface area (Å²) in [6.45, 7) is 1.95. The fourth-order valence-electron chi connectivity index (χ4n) is 2.45. The highest BCUT2D eigenvalue weighted by molar-refractivity contribution is 6.15. The Kier molecular flexibility index (Phi) is 3.38. The van der Waals surface area contributed by atoms with Gasteiger partial charge < -0.3 is 20.0 Å². The molecule has 22 heavy (non-hydrogen) atoms. The molecule has 2 aromatic heterocycles. The van der Waals surface area contributed by atoms with Crippen molar-refractivity contribution in [1.82, 2.24) is 9.97 Å². The van der Waals surface area contributed by atoms with Crippen LogP contribution in [0.2, 0.25) is 0 Å². The summed E-state index contributed by atoms with van der Waals surface area (Å²) in [7, 11) is 0. The van der Waals surface area contributed by atoms with Crippen molar-refractivity contribution >= 4 is 39.9 Å². The van der Waals surface area contributed by atoms with Gasteiger partial charge in [-0.2, -0.15) is 0 Å². The number of amides is 1. The number of aromatic nitrogens is 2. The highest BCUT2D eigenvalue weighted by Gasteiger charge is 2.18. The van der Waals surface area contributed by atoms with Crippen LogP contribution >= 0.6 is 0 Å². The molecule has 0 atom stereocenters. The minimum absolute atomic E-state index is 0.241. The van der Waals surface area contributed by atoms with Crippen LogP contribution in [0.15, 0.2) is 29.2 Å². The van der Waals surface area contributed by atoms with E-state index >= 15 is 0 Å². The summed E-state index contributed by atoms with van der Waals surface area (Å²) in [5, 5.41) is 3.67. The number of benzene rings is 1. The molecule has 7 heteroatoms. The van der Waals surface area contributed by atoms with E-state index in [0.29, 0.717) is 33.9 Å². The summed E-state index contributed by atoms with van der Waals surface area (Å²) >= 11 is 0. The number of carbonyl (C=O) groups is 2. The summed E-state index contributed by atoms with van der Waals surface area (Å²) in [6.07, 6.45) is 2.02. The number of hydrogen-bond donors (Lipinski definition) is 3. The van der Waals surface area contributed by atoms with Crippen LogP contribution < -0.4 is 10.9 Å². The van der Waals surface area contributed by atoms with Crippen LogP contribution in [0.4, 0.5) is 5.69 Å². The second-order valence-corrected chi connectivity index (χ2v) is 4.65. The number of rotatable bonds is 4. The zero-order valence-corrected chi connectivity index (χ0v) is 11.7. The summed E-state index contributed by atoms with van der Waals surface area (Å²) < 4.78 is 5.02. The van der Waals surface area contributed by atoms with Gasteiger partial charge in [0.2, 0.25) is 6.41 Å². The molecule has 3 aromatic rings. The summed E-state index contributed by atoms with van der Waals surface area (Å²) in [6, 6.07) is 5.03. The molecule has 7 nitrogen and oxygen atoms in total. The third-order valence-corrected chi connectivity index (χ3v) is 3.37. The van der Waals surface area contributed by atoms with Gasteiger partial charge in [-0.25, -0.2) is 4.79 Å². The molecule has 1 aromatic carbocycles. The topological polar surface area (TPSA) is 104 Å². The van der Waals surface area contributed by atoms with Gasteiger partial charge in [-0.15, -0.1) is 0 Å². The van der Waals surface area contributed by atoms with Gasteiger partial charge in [-0.1, -0.05) is 0 Å². The lowest BCUT2D eigenvalue weighted by atomic mass is 10.1. The van der Waals surface area contributed by atoms with E-state index in [1.165, 1.54) is 6.20 Å². The van der Waals surface area contributed by atoms with Gasteiger partial charge in [-0.05, 0) is 25.1 Å². The normalized spacial score (nSPS) is 10.8. The van der Waals surface area contributed by atoms with Crippen molar-refractivity contribution in [3.63, 3.8) is 0 Å². The van der Waals surface area contributed by atoms with Crippen LogP contribution in [0.3, 0.4) is 0 Å². The fourth-order valence-corrected chi connectivity index (χ4v) is 2.45. The van der Waals surface area contributed by atoms with Crippen LogP contribution in [0.1, 0.15) is 17.3 Å². The molecule has 0 radical (unpaired) electrons. The molecule has 3 N–H and O–H groups in total. The highest BCUT2D eigenvalue weighted by Crippen LogP contribution is 2.27. The van der Waals surface area contributed by atoms with Crippen LogP contribution in [-0.2, 0) is 9.53 Å². The summed E-state index contributed by atoms with van der Waals surface area (Å²) in [4.78, 5) is 40.3. The molecule has 0 spiro atoms. The Morgan fingerprint density at radius 1 is 1.41 bits per heavy atom. The second-order valence-electron chi connectivity index (χ2n) is 4.65. The van der Waals surface area contributed by atoms with E-state index in [0.717, 1.165) is 0 Å². The first-order valence-electron chi connectivity index (χ1n) is 6.70. The van der Waals surface area contributed by atoms with Crippen molar-refractivity contribution in [2.75, 3.05) is 11.9 Å². The molecular formula is C15H13N3O4. The zero-order valence-electron chi connectivity index (χ0n) is 11.7. The maximum Gasteiger partial charge on any atom is 0.340 e. The maximum atomic E-state index is 12.1. The van der Waals surface area contributed by atoms with Crippen LogP contribution in [0.5, 0.6) is 0 Å². The highest BCUT2D eigenvalue weighted by atomic mass is 16.5. The van der Waals surface area contributed by atoms with E-state index in [-0.39, 0.29) is 17.7 Å². The van der Waals surface area contributed by atoms with Crippen molar-refractivity contribution in [2.24, 2.45) is 0 Å². The molecule has 1 amide bonds. The number of fused-ring (bicyclic) bond motifs is 3. The minimum atomic E-state index is -0.505. The third kappa shape index (κ3) is 2.12. The number of carbonyl (C=O) groups excluding carboxylic acids is 2. The Balaban J connectivity index is 2.37. The molecular weight excluding hydrogens is 286 g/mol. The van der Waals surface area contributed by atoms with E-state index in [4.69, 9.17) is 4.74 Å². The number of esters is 1. The molecule has 0 unspecified atom stereocenters. The molecule has 0 aliphatic rings. The molecule has 0 saturated carbocycles. The molecule has 2 heterocycles. The second kappa shape index (κ2) is 5.36. The number of aromatic amines is 2. The lowest BCUT2D eigenvalue weighted by Crippen LogP contribution is -2.08. The van der Waals surface area contributed by atoms with Gasteiger partial charge in [0.05, 0.1) is 12.2 Å². The van der Waals surface area contributed by atoms with Gasteiger partial charge in [0, 0.05) is 28.2 Å². The lowest BCUT2D eigenvalue weighted by molar-refractivity contribution is -0.105. The first-order valence-corrected chi connectivity index (χ1v) is 6.70. The number of anilines is 1. The average Bonchev–Trinajstić information content (AvgIpc) is 2.94. The van der Waals surface area contributed by atoms with Crippen molar-refractivity contribution in [2.45, 2.75) is 6.92 Å². The number of ether oxygens (including phenoxy) is 1. The first kappa shape index (κ1) is 13.9. The SMILES string of the molecule is CCOC(=O)c1c[nH]c2c(=O)[nH]c3ccc(NC=O)cc3c12. The van der Waals surface area contributed by atoms with E-state index in [2.05, 4.69) is 15.3 Å². The molecule has 0 aliphatic heterocycles. The maximum absolute atomic E-state index is 12.1. The predicted molar refractivity (Wildman–Crippen MR) is 82.1 cm³/mol. The molecule has 3 rings (SSSR count). The average molecular weight is 299 g/mol. The monoisotopic (exact) mass is 299 g/mol. The van der Waals surface area contributed by atoms with E-state index in [1.54, 1.807) is 25.1 Å². The van der Waals surface area contributed by atoms with E-state index < -0.39 is 5.97 Å². The van der Waals surface area contributed by atoms with Crippen molar-refractivity contribution in [3.05, 3.63) is 40.3 Å². The van der Waals surface area contributed by atoms with Crippen LogP contribution in [0.25, 0.3) is 21.8 Å². The zero-order chi connectivity index (χ0) is 15.7. The Morgan fingerprint density at radius 2 is 2.23 bits per heavy atom. The van der Waals surface area contributed by atoms with Gasteiger partial charge in [0.15, 0.2) is 0 Å². The van der Waals surface area contributed by atoms with E-state index in [9.17, 15) is 14.4 Å². The van der Waals surface area contributed by atoms with Gasteiger partial charge in [-0.3, -0.25) is 9.59 Å². The largest absolute Gasteiger partial charge is 0.462 e. The van der Waals surface area contributed by atoms with Gasteiger partial charge >= 0.3 is 5.97 Å². The quantitative estimate of drug-likeness (QED) is 0.504. The standard InChI is InChI=1S/C15H13N3O4/c1-2-22-15(21)10-6-16-13-12(10)9-5-8(17-7-19)3-4-11(9)18-14(13)20/h3-7,16H,2H2,1H3,(H,17,19)(H,18,20). The minimum Gasteiger partial charge on any atom is -0.462 e. The number of nitrogens with one attached hydrogen (secondary N) is 3. The Labute approximate surface area is 124 Å². The van der Waals surface area contributed by atoms with E-state index in [1.807, 2.05) is 0 Å². The summed E-state index contributed by atoms with van der Waals surface area (Å²) in [5.41, 5.74) is 1.38. The first-order chi connectivity index (χ1) is 10.7. The van der Waals surface area contributed by atoms with Gasteiger partial charge in [0.1, 0.15) is 5.52 Å². The number of hydrogen-bond acceptors (Lipinski definition) is 4. The number of pyridine rings is 1. The fraction of sp³-hybridized carbons (Fsp3) is 0.133. The smallest absolute Gasteiger partial charge is 0.340 e. The van der Waals surface area contributed by atoms with Crippen molar-refractivity contribution in [3.8, 4) is 0 Å². The van der Waals surface area contributed by atoms with Gasteiger partial charge in [0.25, 0.3) is 5.56 Å². The molecule has 0 aliphatic carbocycles. The molecule has 112 valence electrons. The molecule has 0 bridgehead atoms. The molecule has 0 fully saturated rings. The Morgan fingerprint density at radius 3 is 2.95 bits per heavy atom. The van der Waals surface area contributed by atoms with Crippen LogP contribution in [-0.4, -0.2) is 29.0 Å². The van der Waals surface area contributed by atoms with Crippen LogP contribution in [0, 0.1) is 0 Å². The summed E-state index contributed by atoms with van der Waals surface area (Å²) in [5.74, 6) is -0.505. The predicted octanol–water partition coefficient (Wildman–Crippen LogP) is 1.75. The van der Waals surface area contributed by atoms with Crippen molar-refractivity contribution in [1.29, 1.82) is 0 Å². The Bertz CT molecular complexity index is 939. The number of H-pyrrole nitrogens is 2. The third-order valence-electron chi connectivity index (χ3n) is 3.37. The lowest BCUT2D eigenvalue weighted by Gasteiger charge is -2.05.